The van der Waals surface area contributed by atoms with E-state index < -0.39 is 0 Å². The molecule has 1 rings (SSSR count). The number of rotatable bonds is 9. The molecule has 0 saturated heterocycles. The van der Waals surface area contributed by atoms with Crippen LogP contribution in [0.2, 0.25) is 0 Å². The zero-order valence-corrected chi connectivity index (χ0v) is 18.0. The molecule has 8 heteroatoms. The van der Waals surface area contributed by atoms with E-state index in [1.807, 2.05) is 6.92 Å². The summed E-state index contributed by atoms with van der Waals surface area (Å²) < 4.78 is 7.41. The van der Waals surface area contributed by atoms with Gasteiger partial charge in [0.1, 0.15) is 12.2 Å². The van der Waals surface area contributed by atoms with Gasteiger partial charge in [0.05, 0.1) is 0 Å². The number of hydrogen-bond acceptors (Lipinski definition) is 4. The Morgan fingerprint density at radius 3 is 2.71 bits per heavy atom. The van der Waals surface area contributed by atoms with E-state index in [1.165, 1.54) is 0 Å². The molecule has 0 bridgehead atoms. The number of aromatic nitrogens is 3. The Hall–Kier alpha value is -0.900. The van der Waals surface area contributed by atoms with Crippen LogP contribution in [-0.4, -0.2) is 52.6 Å². The third kappa shape index (κ3) is 10.1. The Morgan fingerprint density at radius 1 is 1.33 bits per heavy atom. The molecule has 0 aromatic carbocycles. The quantitative estimate of drug-likeness (QED) is 0.260. The molecule has 0 aliphatic heterocycles. The molecule has 0 radical (unpaired) electrons. The minimum atomic E-state index is -0.0309. The van der Waals surface area contributed by atoms with Crippen molar-refractivity contribution in [1.29, 1.82) is 0 Å². The first-order chi connectivity index (χ1) is 11.0. The maximum absolute atomic E-state index is 5.34. The zero-order valence-electron chi connectivity index (χ0n) is 15.6. The number of ether oxygens (including phenoxy) is 1. The molecule has 0 atom stereocenters. The van der Waals surface area contributed by atoms with Crippen molar-refractivity contribution in [2.24, 2.45) is 4.99 Å². The SMILES string of the molecule is CCOCCCN=C(NCCn1cnnc1CC)NC(C)(C)C.I. The van der Waals surface area contributed by atoms with E-state index in [9.17, 15) is 0 Å². The summed E-state index contributed by atoms with van der Waals surface area (Å²) in [5.74, 6) is 1.84. The Kier molecular flexibility index (Phi) is 12.0. The van der Waals surface area contributed by atoms with Crippen molar-refractivity contribution < 1.29 is 4.74 Å². The van der Waals surface area contributed by atoms with Gasteiger partial charge in [-0.15, -0.1) is 34.2 Å². The van der Waals surface area contributed by atoms with Crippen molar-refractivity contribution in [2.45, 2.75) is 59.5 Å². The summed E-state index contributed by atoms with van der Waals surface area (Å²) in [6.45, 7) is 14.3. The first kappa shape index (κ1) is 23.1. The standard InChI is InChI=1S/C16H32N6O.HI/c1-6-14-21-19-13-22(14)11-10-18-15(20-16(3,4)5)17-9-8-12-23-7-2;/h13H,6-12H2,1-5H3,(H2,17,18,20);1H. The van der Waals surface area contributed by atoms with Gasteiger partial charge in [-0.3, -0.25) is 4.99 Å². The van der Waals surface area contributed by atoms with Gasteiger partial charge in [-0.05, 0) is 34.1 Å². The summed E-state index contributed by atoms with van der Waals surface area (Å²) in [4.78, 5) is 4.62. The van der Waals surface area contributed by atoms with E-state index >= 15 is 0 Å². The van der Waals surface area contributed by atoms with Crippen LogP contribution in [0.5, 0.6) is 0 Å². The fraction of sp³-hybridized carbons (Fsp3) is 0.812. The molecule has 2 N–H and O–H groups in total. The summed E-state index contributed by atoms with van der Waals surface area (Å²) >= 11 is 0. The summed E-state index contributed by atoms with van der Waals surface area (Å²) in [7, 11) is 0. The maximum atomic E-state index is 5.34. The number of aryl methyl sites for hydroxylation is 1. The molecule has 1 aromatic rings. The number of nitrogens with zero attached hydrogens (tertiary/aromatic N) is 4. The zero-order chi connectivity index (χ0) is 17.1. The molecule has 0 saturated carbocycles. The van der Waals surface area contributed by atoms with Gasteiger partial charge in [0.15, 0.2) is 5.96 Å². The van der Waals surface area contributed by atoms with Gasteiger partial charge >= 0.3 is 0 Å². The molecule has 1 aromatic heterocycles. The van der Waals surface area contributed by atoms with Crippen molar-refractivity contribution in [3.63, 3.8) is 0 Å². The van der Waals surface area contributed by atoms with Crippen LogP contribution in [0, 0.1) is 0 Å². The van der Waals surface area contributed by atoms with Crippen molar-refractivity contribution >= 4 is 29.9 Å². The monoisotopic (exact) mass is 452 g/mol. The van der Waals surface area contributed by atoms with Gasteiger partial charge in [0.25, 0.3) is 0 Å². The second kappa shape index (κ2) is 12.5. The highest BCUT2D eigenvalue weighted by molar-refractivity contribution is 14.0. The molecule has 140 valence electrons. The van der Waals surface area contributed by atoms with Crippen LogP contribution in [0.25, 0.3) is 0 Å². The predicted molar refractivity (Wildman–Crippen MR) is 109 cm³/mol. The van der Waals surface area contributed by atoms with E-state index in [-0.39, 0.29) is 29.5 Å². The molecule has 0 spiro atoms. The van der Waals surface area contributed by atoms with Gasteiger partial charge in [-0.25, -0.2) is 0 Å². The summed E-state index contributed by atoms with van der Waals surface area (Å²) in [6, 6.07) is 0. The van der Waals surface area contributed by atoms with Gasteiger partial charge in [0, 0.05) is 44.8 Å². The molecule has 0 unspecified atom stereocenters. The molecular weight excluding hydrogens is 419 g/mol. The lowest BCUT2D eigenvalue weighted by molar-refractivity contribution is 0.146. The number of halogens is 1. The first-order valence-electron chi connectivity index (χ1n) is 8.47. The van der Waals surface area contributed by atoms with Gasteiger partial charge in [-0.1, -0.05) is 6.92 Å². The highest BCUT2D eigenvalue weighted by atomic mass is 127. The van der Waals surface area contributed by atoms with Crippen LogP contribution in [0.15, 0.2) is 11.3 Å². The molecule has 7 nitrogen and oxygen atoms in total. The van der Waals surface area contributed by atoms with Crippen LogP contribution < -0.4 is 10.6 Å². The highest BCUT2D eigenvalue weighted by Crippen LogP contribution is 1.99. The lowest BCUT2D eigenvalue weighted by Crippen LogP contribution is -2.48. The van der Waals surface area contributed by atoms with Crippen LogP contribution >= 0.6 is 24.0 Å². The highest BCUT2D eigenvalue weighted by Gasteiger charge is 2.12. The summed E-state index contributed by atoms with van der Waals surface area (Å²) in [6.07, 6.45) is 3.59. The van der Waals surface area contributed by atoms with E-state index in [4.69, 9.17) is 4.74 Å². The molecule has 0 fully saturated rings. The second-order valence-electron chi connectivity index (χ2n) is 6.38. The van der Waals surface area contributed by atoms with Crippen LogP contribution in [0.3, 0.4) is 0 Å². The van der Waals surface area contributed by atoms with Crippen molar-refractivity contribution in [3.8, 4) is 0 Å². The summed E-state index contributed by atoms with van der Waals surface area (Å²) in [5.41, 5.74) is -0.0309. The molecule has 0 aliphatic carbocycles. The lowest BCUT2D eigenvalue weighted by Gasteiger charge is -2.24. The average Bonchev–Trinajstić information content (AvgIpc) is 2.92. The van der Waals surface area contributed by atoms with Crippen LogP contribution in [0.1, 0.15) is 46.9 Å². The molecular formula is C16H33IN6O. The molecule has 0 amide bonds. The van der Waals surface area contributed by atoms with Crippen molar-refractivity contribution in [2.75, 3.05) is 26.3 Å². The maximum Gasteiger partial charge on any atom is 0.191 e. The smallest absolute Gasteiger partial charge is 0.191 e. The first-order valence-corrected chi connectivity index (χ1v) is 8.47. The predicted octanol–water partition coefficient (Wildman–Crippen LogP) is 2.22. The number of nitrogens with one attached hydrogen (secondary N) is 2. The second-order valence-corrected chi connectivity index (χ2v) is 6.38. The molecule has 0 aliphatic rings. The Labute approximate surface area is 163 Å². The van der Waals surface area contributed by atoms with Crippen molar-refractivity contribution in [3.05, 3.63) is 12.2 Å². The van der Waals surface area contributed by atoms with Gasteiger partial charge in [0.2, 0.25) is 0 Å². The van der Waals surface area contributed by atoms with Crippen LogP contribution in [0.4, 0.5) is 0 Å². The number of aliphatic imine (C=N–C) groups is 1. The molecule has 1 heterocycles. The normalized spacial score (nSPS) is 12.0. The Morgan fingerprint density at radius 2 is 2.08 bits per heavy atom. The van der Waals surface area contributed by atoms with E-state index in [1.54, 1.807) is 6.33 Å². The average molecular weight is 452 g/mol. The van der Waals surface area contributed by atoms with E-state index in [0.717, 1.165) is 57.5 Å². The van der Waals surface area contributed by atoms with E-state index in [0.29, 0.717) is 0 Å². The third-order valence-corrected chi connectivity index (χ3v) is 3.07. The number of hydrogen-bond donors (Lipinski definition) is 2. The van der Waals surface area contributed by atoms with Crippen molar-refractivity contribution in [1.82, 2.24) is 25.4 Å². The fourth-order valence-electron chi connectivity index (χ4n) is 2.03. The third-order valence-electron chi connectivity index (χ3n) is 3.07. The lowest BCUT2D eigenvalue weighted by atomic mass is 10.1. The molecule has 24 heavy (non-hydrogen) atoms. The van der Waals surface area contributed by atoms with Gasteiger partial charge in [-0.2, -0.15) is 0 Å². The topological polar surface area (TPSA) is 76.4 Å². The summed E-state index contributed by atoms with van der Waals surface area (Å²) in [5, 5.41) is 14.8. The minimum Gasteiger partial charge on any atom is -0.382 e. The van der Waals surface area contributed by atoms with E-state index in [2.05, 4.69) is 58.1 Å². The fourth-order valence-corrected chi connectivity index (χ4v) is 2.03. The number of guanidine groups is 1. The Bertz CT molecular complexity index is 469. The Balaban J connectivity index is 0.00000529. The van der Waals surface area contributed by atoms with Crippen LogP contribution in [-0.2, 0) is 17.7 Å². The largest absolute Gasteiger partial charge is 0.382 e. The minimum absolute atomic E-state index is 0. The van der Waals surface area contributed by atoms with Gasteiger partial charge < -0.3 is 19.9 Å².